The Morgan fingerprint density at radius 2 is 1.65 bits per heavy atom. The number of amides is 1. The molecule has 3 aromatic carbocycles. The number of aromatic nitrogens is 3. The third-order valence-corrected chi connectivity index (χ3v) is 5.58. The van der Waals surface area contributed by atoms with Crippen molar-refractivity contribution >= 4 is 35.5 Å². The molecule has 0 aliphatic rings. The molecule has 1 amide bonds. The quantitative estimate of drug-likeness (QED) is 0.250. The van der Waals surface area contributed by atoms with Gasteiger partial charge in [-0.15, -0.1) is 10.2 Å². The molecule has 8 heteroatoms. The molecule has 31 heavy (non-hydrogen) atoms. The first-order valence-electron chi connectivity index (χ1n) is 9.48. The number of carbonyl (C=O) groups is 1. The predicted molar refractivity (Wildman–Crippen MR) is 125 cm³/mol. The molecule has 0 saturated carbocycles. The molecule has 1 N–H and O–H groups in total. The monoisotopic (exact) mass is 447 g/mol. The summed E-state index contributed by atoms with van der Waals surface area (Å²) in [6.45, 7) is 0. The van der Waals surface area contributed by atoms with E-state index >= 15 is 0 Å². The SMILES string of the molecule is O=C(CSc1nnc(-c2ccccc2)n1-c1ccccc1)N/N=C/c1ccccc1Cl. The first-order chi connectivity index (χ1) is 15.2. The van der Waals surface area contributed by atoms with Crippen LogP contribution in [0.3, 0.4) is 0 Å². The van der Waals surface area contributed by atoms with Gasteiger partial charge in [0.15, 0.2) is 11.0 Å². The third-order valence-electron chi connectivity index (χ3n) is 4.31. The van der Waals surface area contributed by atoms with Crippen molar-refractivity contribution in [2.24, 2.45) is 5.10 Å². The molecular formula is C23H18ClN5OS. The topological polar surface area (TPSA) is 72.2 Å². The smallest absolute Gasteiger partial charge is 0.250 e. The van der Waals surface area contributed by atoms with E-state index in [1.54, 1.807) is 6.07 Å². The zero-order valence-electron chi connectivity index (χ0n) is 16.4. The van der Waals surface area contributed by atoms with Gasteiger partial charge in [-0.1, -0.05) is 90.1 Å². The molecule has 0 fully saturated rings. The maximum Gasteiger partial charge on any atom is 0.250 e. The minimum Gasteiger partial charge on any atom is -0.272 e. The predicted octanol–water partition coefficient (Wildman–Crippen LogP) is 4.83. The van der Waals surface area contributed by atoms with Gasteiger partial charge in [0.25, 0.3) is 5.91 Å². The van der Waals surface area contributed by atoms with E-state index in [-0.39, 0.29) is 11.7 Å². The average molecular weight is 448 g/mol. The van der Waals surface area contributed by atoms with E-state index in [1.807, 2.05) is 83.4 Å². The van der Waals surface area contributed by atoms with Crippen molar-refractivity contribution in [2.45, 2.75) is 5.16 Å². The molecule has 0 spiro atoms. The van der Waals surface area contributed by atoms with Crippen LogP contribution in [0.1, 0.15) is 5.56 Å². The Morgan fingerprint density at radius 3 is 2.39 bits per heavy atom. The minimum absolute atomic E-state index is 0.139. The summed E-state index contributed by atoms with van der Waals surface area (Å²) in [5.41, 5.74) is 5.12. The highest BCUT2D eigenvalue weighted by atomic mass is 35.5. The van der Waals surface area contributed by atoms with Crippen LogP contribution in [0.4, 0.5) is 0 Å². The van der Waals surface area contributed by atoms with Crippen molar-refractivity contribution in [1.29, 1.82) is 0 Å². The maximum absolute atomic E-state index is 12.3. The Labute approximate surface area is 189 Å². The van der Waals surface area contributed by atoms with Gasteiger partial charge in [-0.3, -0.25) is 9.36 Å². The van der Waals surface area contributed by atoms with E-state index in [9.17, 15) is 4.79 Å². The van der Waals surface area contributed by atoms with E-state index < -0.39 is 0 Å². The highest BCUT2D eigenvalue weighted by Gasteiger charge is 2.17. The molecule has 4 aromatic rings. The van der Waals surface area contributed by atoms with Crippen molar-refractivity contribution in [1.82, 2.24) is 20.2 Å². The van der Waals surface area contributed by atoms with Gasteiger partial charge in [0.2, 0.25) is 0 Å². The van der Waals surface area contributed by atoms with Crippen LogP contribution in [-0.2, 0) is 4.79 Å². The lowest BCUT2D eigenvalue weighted by Crippen LogP contribution is -2.20. The van der Waals surface area contributed by atoms with Crippen molar-refractivity contribution in [3.63, 3.8) is 0 Å². The van der Waals surface area contributed by atoms with Crippen LogP contribution in [0.15, 0.2) is 95.2 Å². The fourth-order valence-electron chi connectivity index (χ4n) is 2.86. The number of nitrogens with one attached hydrogen (secondary N) is 1. The summed E-state index contributed by atoms with van der Waals surface area (Å²) < 4.78 is 1.94. The number of thioether (sulfide) groups is 1. The highest BCUT2D eigenvalue weighted by molar-refractivity contribution is 7.99. The van der Waals surface area contributed by atoms with Crippen LogP contribution in [0.5, 0.6) is 0 Å². The van der Waals surface area contributed by atoms with Gasteiger partial charge in [-0.05, 0) is 18.2 Å². The normalized spacial score (nSPS) is 11.0. The number of hydrogen-bond donors (Lipinski definition) is 1. The van der Waals surface area contributed by atoms with Gasteiger partial charge in [0.1, 0.15) is 0 Å². The van der Waals surface area contributed by atoms with Crippen molar-refractivity contribution in [3.05, 3.63) is 95.5 Å². The van der Waals surface area contributed by atoms with Gasteiger partial charge in [-0.2, -0.15) is 5.10 Å². The summed E-state index contributed by atoms with van der Waals surface area (Å²) in [5, 5.41) is 13.9. The minimum atomic E-state index is -0.253. The lowest BCUT2D eigenvalue weighted by Gasteiger charge is -2.10. The number of nitrogens with zero attached hydrogens (tertiary/aromatic N) is 4. The van der Waals surface area contributed by atoms with Crippen molar-refractivity contribution in [3.8, 4) is 17.1 Å². The second-order valence-electron chi connectivity index (χ2n) is 6.45. The van der Waals surface area contributed by atoms with E-state index in [0.29, 0.717) is 16.0 Å². The summed E-state index contributed by atoms with van der Waals surface area (Å²) in [6, 6.07) is 26.9. The van der Waals surface area contributed by atoms with E-state index in [0.717, 1.165) is 16.8 Å². The Morgan fingerprint density at radius 1 is 0.968 bits per heavy atom. The van der Waals surface area contributed by atoms with Gasteiger partial charge >= 0.3 is 0 Å². The first kappa shape index (κ1) is 20.8. The zero-order chi connectivity index (χ0) is 21.5. The van der Waals surface area contributed by atoms with Crippen LogP contribution in [0, 0.1) is 0 Å². The molecule has 0 saturated heterocycles. The van der Waals surface area contributed by atoms with Gasteiger partial charge in [0, 0.05) is 21.8 Å². The molecular weight excluding hydrogens is 430 g/mol. The van der Waals surface area contributed by atoms with Gasteiger partial charge in [-0.25, -0.2) is 5.43 Å². The maximum atomic E-state index is 12.3. The lowest BCUT2D eigenvalue weighted by molar-refractivity contribution is -0.118. The standard InChI is InChI=1S/C23H18ClN5OS/c24-20-14-8-7-11-18(20)15-25-26-21(30)16-31-23-28-27-22(17-9-3-1-4-10-17)29(23)19-12-5-2-6-13-19/h1-15H,16H2,(H,26,30)/b25-15+. The highest BCUT2D eigenvalue weighted by Crippen LogP contribution is 2.27. The van der Waals surface area contributed by atoms with Crippen molar-refractivity contribution in [2.75, 3.05) is 5.75 Å². The Kier molecular flexibility index (Phi) is 6.76. The Balaban J connectivity index is 1.49. The van der Waals surface area contributed by atoms with E-state index in [2.05, 4.69) is 20.7 Å². The number of hydrazone groups is 1. The van der Waals surface area contributed by atoms with Crippen LogP contribution in [-0.4, -0.2) is 32.6 Å². The molecule has 0 aliphatic heterocycles. The van der Waals surface area contributed by atoms with Crippen molar-refractivity contribution < 1.29 is 4.79 Å². The molecule has 1 heterocycles. The molecule has 4 rings (SSSR count). The number of para-hydroxylation sites is 1. The van der Waals surface area contributed by atoms with Crippen LogP contribution in [0.25, 0.3) is 17.1 Å². The molecule has 6 nitrogen and oxygen atoms in total. The molecule has 0 aliphatic carbocycles. The fraction of sp³-hybridized carbons (Fsp3) is 0.0435. The number of rotatable bonds is 7. The van der Waals surface area contributed by atoms with Crippen LogP contribution in [0.2, 0.25) is 5.02 Å². The number of halogens is 1. The molecule has 0 atom stereocenters. The second-order valence-corrected chi connectivity index (χ2v) is 7.80. The van der Waals surface area contributed by atoms with Gasteiger partial charge < -0.3 is 0 Å². The summed E-state index contributed by atoms with van der Waals surface area (Å²) in [7, 11) is 0. The molecule has 0 unspecified atom stereocenters. The lowest BCUT2D eigenvalue weighted by atomic mass is 10.2. The fourth-order valence-corrected chi connectivity index (χ4v) is 3.79. The number of carbonyl (C=O) groups excluding carboxylic acids is 1. The average Bonchev–Trinajstić information content (AvgIpc) is 3.24. The Bertz CT molecular complexity index is 1200. The largest absolute Gasteiger partial charge is 0.272 e. The Hall–Kier alpha value is -3.42. The molecule has 0 radical (unpaired) electrons. The number of hydrogen-bond acceptors (Lipinski definition) is 5. The second kappa shape index (κ2) is 10.1. The third kappa shape index (κ3) is 5.20. The summed E-state index contributed by atoms with van der Waals surface area (Å²) in [4.78, 5) is 12.3. The van der Waals surface area contributed by atoms with E-state index in [4.69, 9.17) is 11.6 Å². The zero-order valence-corrected chi connectivity index (χ0v) is 17.9. The van der Waals surface area contributed by atoms with Crippen LogP contribution >= 0.6 is 23.4 Å². The van der Waals surface area contributed by atoms with Gasteiger partial charge in [0.05, 0.1) is 12.0 Å². The summed E-state index contributed by atoms with van der Waals surface area (Å²) in [5.74, 6) is 0.600. The summed E-state index contributed by atoms with van der Waals surface area (Å²) in [6.07, 6.45) is 1.52. The molecule has 154 valence electrons. The van der Waals surface area contributed by atoms with Crippen LogP contribution < -0.4 is 5.43 Å². The molecule has 0 bridgehead atoms. The summed E-state index contributed by atoms with van der Waals surface area (Å²) >= 11 is 7.38. The molecule has 1 aromatic heterocycles. The number of benzene rings is 3. The first-order valence-corrected chi connectivity index (χ1v) is 10.8. The van der Waals surface area contributed by atoms with E-state index in [1.165, 1.54) is 18.0 Å².